The number of hydrogen-bond donors (Lipinski definition) is 2. The van der Waals surface area contributed by atoms with E-state index in [2.05, 4.69) is 11.1 Å². The maximum absolute atomic E-state index is 13.3. The van der Waals surface area contributed by atoms with Gasteiger partial charge in [-0.25, -0.2) is 9.97 Å². The molecule has 3 heterocycles. The van der Waals surface area contributed by atoms with Gasteiger partial charge >= 0.3 is 5.97 Å². The smallest absolute Gasteiger partial charge is 0.307 e. The fraction of sp³-hybridized carbons (Fsp3) is 0.345. The van der Waals surface area contributed by atoms with Gasteiger partial charge in [0.05, 0.1) is 13.0 Å². The number of carbonyl (C=O) groups is 2. The Labute approximate surface area is 232 Å². The first kappa shape index (κ1) is 27.4. The fourth-order valence-corrected chi connectivity index (χ4v) is 4.52. The Hall–Kier alpha value is -3.59. The lowest BCUT2D eigenvalue weighted by molar-refractivity contribution is -0.136. The van der Waals surface area contributed by atoms with E-state index >= 15 is 0 Å². The van der Waals surface area contributed by atoms with Crippen LogP contribution in [0.2, 0.25) is 0 Å². The number of ether oxygens (including phenoxy) is 1. The van der Waals surface area contributed by atoms with Gasteiger partial charge in [-0.1, -0.05) is 32.9 Å². The summed E-state index contributed by atoms with van der Waals surface area (Å²) in [7, 11) is 0. The predicted molar refractivity (Wildman–Crippen MR) is 149 cm³/mol. The Morgan fingerprint density at radius 3 is 2.53 bits per heavy atom. The Kier molecular flexibility index (Phi) is 7.69. The average molecular weight is 579 g/mol. The van der Waals surface area contributed by atoms with Crippen LogP contribution >= 0.6 is 17.0 Å². The molecule has 1 fully saturated rings. The number of halogens is 1. The first-order valence-corrected chi connectivity index (χ1v) is 12.4. The molecule has 8 nitrogen and oxygen atoms in total. The highest BCUT2D eigenvalue weighted by atomic mass is 79.9. The Morgan fingerprint density at radius 2 is 1.89 bits per heavy atom. The van der Waals surface area contributed by atoms with Crippen LogP contribution in [-0.4, -0.2) is 44.1 Å². The van der Waals surface area contributed by atoms with Gasteiger partial charge in [0.1, 0.15) is 17.3 Å². The molecular weight excluding hydrogens is 548 g/mol. The topological polar surface area (TPSA) is 116 Å². The molecule has 0 amide bonds. The molecule has 0 atom stereocenters. The molecule has 0 unspecified atom stereocenters. The number of Topliss-reactive ketones (excluding diaryl/α,β-unsaturated/α-hetero) is 1. The van der Waals surface area contributed by atoms with Gasteiger partial charge in [-0.3, -0.25) is 15.0 Å². The van der Waals surface area contributed by atoms with Crippen molar-refractivity contribution >= 4 is 34.6 Å². The van der Waals surface area contributed by atoms with Crippen LogP contribution in [0.4, 0.5) is 0 Å². The number of benzene rings is 1. The molecule has 9 heteroatoms. The van der Waals surface area contributed by atoms with E-state index in [0.29, 0.717) is 46.7 Å². The van der Waals surface area contributed by atoms with Gasteiger partial charge in [0.2, 0.25) is 5.88 Å². The zero-order valence-electron chi connectivity index (χ0n) is 21.7. The first-order valence-electron chi connectivity index (χ1n) is 12.4. The van der Waals surface area contributed by atoms with E-state index in [1.165, 1.54) is 6.20 Å². The highest BCUT2D eigenvalue weighted by Gasteiger charge is 2.31. The lowest BCUT2D eigenvalue weighted by Crippen LogP contribution is -2.30. The molecule has 1 saturated carbocycles. The van der Waals surface area contributed by atoms with E-state index in [9.17, 15) is 9.59 Å². The molecule has 198 valence electrons. The van der Waals surface area contributed by atoms with Crippen LogP contribution in [0.25, 0.3) is 0 Å². The van der Waals surface area contributed by atoms with Crippen molar-refractivity contribution < 1.29 is 19.4 Å². The van der Waals surface area contributed by atoms with E-state index in [-0.39, 0.29) is 41.1 Å². The van der Waals surface area contributed by atoms with Crippen LogP contribution in [-0.2, 0) is 23.2 Å². The molecule has 0 saturated heterocycles. The average Bonchev–Trinajstić information content (AvgIpc) is 3.65. The van der Waals surface area contributed by atoms with E-state index in [4.69, 9.17) is 20.2 Å². The molecule has 0 radical (unpaired) electrons. The molecule has 2 aliphatic rings. The molecule has 2 aromatic heterocycles. The van der Waals surface area contributed by atoms with E-state index in [1.807, 2.05) is 32.9 Å². The van der Waals surface area contributed by atoms with Crippen molar-refractivity contribution in [1.29, 1.82) is 5.41 Å². The van der Waals surface area contributed by atoms with Gasteiger partial charge < -0.3 is 14.7 Å². The minimum atomic E-state index is -0.919. The second-order valence-corrected chi connectivity index (χ2v) is 10.8. The summed E-state index contributed by atoms with van der Waals surface area (Å²) in [6, 6.07) is 12.8. The zero-order valence-corrected chi connectivity index (χ0v) is 23.4. The van der Waals surface area contributed by atoms with Gasteiger partial charge in [0, 0.05) is 47.1 Å². The number of aliphatic carboxylic acids is 1. The largest absolute Gasteiger partial charge is 0.481 e. The van der Waals surface area contributed by atoms with Gasteiger partial charge in [-0.2, -0.15) is 0 Å². The number of carbonyl (C=O) groups excluding carboxylic acids is 1. The zero-order chi connectivity index (χ0) is 26.3. The van der Waals surface area contributed by atoms with Crippen LogP contribution in [0.1, 0.15) is 78.0 Å². The number of hydrogen-bond acceptors (Lipinski definition) is 6. The van der Waals surface area contributed by atoms with Crippen molar-refractivity contribution in [3.05, 3.63) is 82.3 Å². The minimum absolute atomic E-state index is 0. The summed E-state index contributed by atoms with van der Waals surface area (Å²) in [6.45, 7) is 6.74. The lowest BCUT2D eigenvalue weighted by Gasteiger charge is -2.24. The molecule has 1 aliphatic carbocycles. The second-order valence-electron chi connectivity index (χ2n) is 10.8. The van der Waals surface area contributed by atoms with Crippen LogP contribution in [0, 0.1) is 5.41 Å². The number of ketones is 1. The molecule has 2 N–H and O–H groups in total. The Morgan fingerprint density at radius 1 is 1.13 bits per heavy atom. The number of rotatable bonds is 8. The summed E-state index contributed by atoms with van der Waals surface area (Å²) in [5.74, 6) is 0.759. The fourth-order valence-electron chi connectivity index (χ4n) is 4.52. The summed E-state index contributed by atoms with van der Waals surface area (Å²) >= 11 is 0. The third kappa shape index (κ3) is 5.93. The van der Waals surface area contributed by atoms with E-state index in [1.54, 1.807) is 29.2 Å². The molecule has 1 aromatic carbocycles. The minimum Gasteiger partial charge on any atom is -0.481 e. The van der Waals surface area contributed by atoms with Gasteiger partial charge in [-0.15, -0.1) is 17.0 Å². The number of nitrogens with one attached hydrogen (secondary N) is 1. The highest BCUT2D eigenvalue weighted by Crippen LogP contribution is 2.40. The van der Waals surface area contributed by atoms with Crippen molar-refractivity contribution in [2.24, 2.45) is 0 Å². The van der Waals surface area contributed by atoms with Crippen LogP contribution in [0.15, 0.2) is 48.7 Å². The SMILES string of the molecule is Br.CC(C)(C)c1cc(C(=O)CN2Cc3ccc(C4CC4)nc3C2=N)ccc1Oc1ccc(CC(=O)O)cn1. The van der Waals surface area contributed by atoms with Gasteiger partial charge in [-0.05, 0) is 48.1 Å². The van der Waals surface area contributed by atoms with Crippen LogP contribution in [0.3, 0.4) is 0 Å². The number of carboxylic acid groups (broad SMARTS) is 1. The summed E-state index contributed by atoms with van der Waals surface area (Å²) in [4.78, 5) is 34.9. The predicted octanol–water partition coefficient (Wildman–Crippen LogP) is 5.67. The number of aromatic nitrogens is 2. The number of carboxylic acids is 1. The van der Waals surface area contributed by atoms with Crippen molar-refractivity contribution in [3.8, 4) is 11.6 Å². The third-order valence-corrected chi connectivity index (χ3v) is 6.71. The molecule has 1 aliphatic heterocycles. The van der Waals surface area contributed by atoms with Crippen molar-refractivity contribution in [2.75, 3.05) is 6.54 Å². The summed E-state index contributed by atoms with van der Waals surface area (Å²) in [6.07, 6.45) is 3.70. The molecule has 38 heavy (non-hydrogen) atoms. The maximum Gasteiger partial charge on any atom is 0.307 e. The highest BCUT2D eigenvalue weighted by molar-refractivity contribution is 8.93. The van der Waals surface area contributed by atoms with Gasteiger partial charge in [0.25, 0.3) is 0 Å². The number of fused-ring (bicyclic) bond motifs is 1. The van der Waals surface area contributed by atoms with Crippen LogP contribution < -0.4 is 4.74 Å². The summed E-state index contributed by atoms with van der Waals surface area (Å²) in [5.41, 5.74) is 4.41. The normalized spacial score (nSPS) is 14.6. The van der Waals surface area contributed by atoms with Crippen molar-refractivity contribution in [3.63, 3.8) is 0 Å². The number of pyridine rings is 2. The van der Waals surface area contributed by atoms with E-state index < -0.39 is 5.97 Å². The van der Waals surface area contributed by atoms with Crippen molar-refractivity contribution in [1.82, 2.24) is 14.9 Å². The molecule has 5 rings (SSSR count). The standard InChI is InChI=1S/C29H30N4O4.BrH/c1-29(2,3)21-13-19(8-10-24(21)37-25-11-4-17(14-31-25)12-26(35)36)23(34)16-33-15-20-7-9-22(18-5-6-18)32-27(20)28(33)30;/h4,7-11,13-14,18,30H,5-6,12,15-16H2,1-3H3,(H,35,36);1H. The van der Waals surface area contributed by atoms with Gasteiger partial charge in [0.15, 0.2) is 5.78 Å². The van der Waals surface area contributed by atoms with E-state index in [0.717, 1.165) is 29.7 Å². The molecule has 0 spiro atoms. The molecule has 3 aromatic rings. The molecule has 0 bridgehead atoms. The Balaban J connectivity index is 0.00000336. The quantitative estimate of drug-likeness (QED) is 0.330. The lowest BCUT2D eigenvalue weighted by atomic mass is 9.85. The number of nitrogens with zero attached hydrogens (tertiary/aromatic N) is 3. The second kappa shape index (κ2) is 10.6. The third-order valence-electron chi connectivity index (χ3n) is 6.71. The van der Waals surface area contributed by atoms with Crippen LogP contribution in [0.5, 0.6) is 11.6 Å². The summed E-state index contributed by atoms with van der Waals surface area (Å²) < 4.78 is 6.04. The monoisotopic (exact) mass is 578 g/mol. The van der Waals surface area contributed by atoms with Crippen molar-refractivity contribution in [2.45, 2.75) is 57.9 Å². The Bertz CT molecular complexity index is 1390. The number of amidine groups is 1. The summed E-state index contributed by atoms with van der Waals surface area (Å²) in [5, 5.41) is 17.6. The first-order chi connectivity index (χ1) is 17.6. The maximum atomic E-state index is 13.3. The molecular formula is C29H31BrN4O4.